The SMILES string of the molecule is COc1ccc(-c2nnc([C@H](C)N3CCN(c4ccccc4C)CC3)o2)cc1. The lowest BCUT2D eigenvalue weighted by molar-refractivity contribution is 0.173. The summed E-state index contributed by atoms with van der Waals surface area (Å²) in [7, 11) is 1.65. The van der Waals surface area contributed by atoms with Crippen molar-refractivity contribution in [2.75, 3.05) is 38.2 Å². The zero-order chi connectivity index (χ0) is 19.5. The van der Waals surface area contributed by atoms with Gasteiger partial charge in [-0.1, -0.05) is 18.2 Å². The fraction of sp³-hybridized carbons (Fsp3) is 0.364. The number of hydrogen-bond acceptors (Lipinski definition) is 6. The minimum absolute atomic E-state index is 0.0959. The lowest BCUT2D eigenvalue weighted by Crippen LogP contribution is -2.47. The number of para-hydroxylation sites is 1. The van der Waals surface area contributed by atoms with Gasteiger partial charge in [0.1, 0.15) is 5.75 Å². The van der Waals surface area contributed by atoms with Crippen molar-refractivity contribution in [1.29, 1.82) is 0 Å². The van der Waals surface area contributed by atoms with Crippen molar-refractivity contribution in [2.45, 2.75) is 19.9 Å². The topological polar surface area (TPSA) is 54.6 Å². The van der Waals surface area contributed by atoms with E-state index in [1.54, 1.807) is 7.11 Å². The minimum atomic E-state index is 0.0959. The van der Waals surface area contributed by atoms with Crippen molar-refractivity contribution in [3.8, 4) is 17.2 Å². The van der Waals surface area contributed by atoms with Crippen LogP contribution in [0.4, 0.5) is 5.69 Å². The van der Waals surface area contributed by atoms with E-state index in [0.717, 1.165) is 37.5 Å². The summed E-state index contributed by atoms with van der Waals surface area (Å²) in [6.07, 6.45) is 0. The minimum Gasteiger partial charge on any atom is -0.497 e. The Morgan fingerprint density at radius 3 is 2.36 bits per heavy atom. The van der Waals surface area contributed by atoms with Crippen LogP contribution in [-0.2, 0) is 0 Å². The van der Waals surface area contributed by atoms with Crippen molar-refractivity contribution >= 4 is 5.69 Å². The second kappa shape index (κ2) is 8.02. The van der Waals surface area contributed by atoms with E-state index in [1.807, 2.05) is 24.3 Å². The molecule has 6 heteroatoms. The summed E-state index contributed by atoms with van der Waals surface area (Å²) in [5.41, 5.74) is 3.55. The van der Waals surface area contributed by atoms with Gasteiger partial charge in [-0.05, 0) is 49.7 Å². The Hall–Kier alpha value is -2.86. The maximum absolute atomic E-state index is 5.97. The normalized spacial score (nSPS) is 16.2. The number of nitrogens with zero attached hydrogens (tertiary/aromatic N) is 4. The Bertz CT molecular complexity index is 914. The molecule has 1 fully saturated rings. The van der Waals surface area contributed by atoms with E-state index in [4.69, 9.17) is 9.15 Å². The number of anilines is 1. The van der Waals surface area contributed by atoms with Crippen LogP contribution in [0.5, 0.6) is 5.75 Å². The van der Waals surface area contributed by atoms with Crippen molar-refractivity contribution < 1.29 is 9.15 Å². The summed E-state index contributed by atoms with van der Waals surface area (Å²) in [5.74, 6) is 2.02. The van der Waals surface area contributed by atoms with Gasteiger partial charge in [-0.25, -0.2) is 0 Å². The van der Waals surface area contributed by atoms with E-state index in [2.05, 4.69) is 58.1 Å². The molecular weight excluding hydrogens is 352 g/mol. The second-order valence-corrected chi connectivity index (χ2v) is 7.16. The molecule has 1 saturated heterocycles. The number of hydrogen-bond donors (Lipinski definition) is 0. The van der Waals surface area contributed by atoms with Gasteiger partial charge in [0.2, 0.25) is 11.8 Å². The van der Waals surface area contributed by atoms with Gasteiger partial charge in [0, 0.05) is 37.4 Å². The number of benzene rings is 2. The predicted octanol–water partition coefficient (Wildman–Crippen LogP) is 3.94. The smallest absolute Gasteiger partial charge is 0.247 e. The Labute approximate surface area is 165 Å². The van der Waals surface area contributed by atoms with E-state index >= 15 is 0 Å². The first-order valence-electron chi connectivity index (χ1n) is 9.68. The molecule has 0 radical (unpaired) electrons. The summed E-state index contributed by atoms with van der Waals surface area (Å²) in [5, 5.41) is 8.54. The van der Waals surface area contributed by atoms with Crippen LogP contribution >= 0.6 is 0 Å². The highest BCUT2D eigenvalue weighted by Crippen LogP contribution is 2.27. The van der Waals surface area contributed by atoms with Gasteiger partial charge >= 0.3 is 0 Å². The predicted molar refractivity (Wildman–Crippen MR) is 110 cm³/mol. The maximum atomic E-state index is 5.97. The quantitative estimate of drug-likeness (QED) is 0.670. The molecule has 0 N–H and O–H groups in total. The van der Waals surface area contributed by atoms with Crippen molar-refractivity contribution in [3.63, 3.8) is 0 Å². The Balaban J connectivity index is 1.41. The summed E-state index contributed by atoms with van der Waals surface area (Å²) >= 11 is 0. The van der Waals surface area contributed by atoms with Gasteiger partial charge in [0.05, 0.1) is 13.2 Å². The molecule has 0 aliphatic carbocycles. The van der Waals surface area contributed by atoms with Gasteiger partial charge in [-0.15, -0.1) is 10.2 Å². The second-order valence-electron chi connectivity index (χ2n) is 7.16. The maximum Gasteiger partial charge on any atom is 0.247 e. The lowest BCUT2D eigenvalue weighted by atomic mass is 10.1. The Morgan fingerprint density at radius 2 is 1.68 bits per heavy atom. The third kappa shape index (κ3) is 3.73. The molecule has 28 heavy (non-hydrogen) atoms. The first kappa shape index (κ1) is 18.5. The molecule has 3 aromatic rings. The Kier molecular flexibility index (Phi) is 5.30. The van der Waals surface area contributed by atoms with E-state index in [9.17, 15) is 0 Å². The van der Waals surface area contributed by atoms with Gasteiger partial charge < -0.3 is 14.1 Å². The summed E-state index contributed by atoms with van der Waals surface area (Å²) in [4.78, 5) is 4.86. The average molecular weight is 378 g/mol. The molecule has 1 atom stereocenters. The molecule has 0 saturated carbocycles. The molecule has 0 amide bonds. The molecular formula is C22H26N4O2. The van der Waals surface area contributed by atoms with Crippen molar-refractivity contribution in [2.24, 2.45) is 0 Å². The largest absolute Gasteiger partial charge is 0.497 e. The molecule has 2 aromatic carbocycles. The van der Waals surface area contributed by atoms with Crippen LogP contribution in [0.3, 0.4) is 0 Å². The fourth-order valence-electron chi connectivity index (χ4n) is 3.68. The van der Waals surface area contributed by atoms with Crippen LogP contribution in [0.25, 0.3) is 11.5 Å². The van der Waals surface area contributed by atoms with Gasteiger partial charge in [0.15, 0.2) is 0 Å². The summed E-state index contributed by atoms with van der Waals surface area (Å²) in [6.45, 7) is 8.23. The molecule has 146 valence electrons. The zero-order valence-electron chi connectivity index (χ0n) is 16.6. The third-order valence-electron chi connectivity index (χ3n) is 5.45. The van der Waals surface area contributed by atoms with Crippen LogP contribution in [0.1, 0.15) is 24.4 Å². The van der Waals surface area contributed by atoms with E-state index < -0.39 is 0 Å². The van der Waals surface area contributed by atoms with Crippen LogP contribution in [0.15, 0.2) is 52.9 Å². The molecule has 2 heterocycles. The van der Waals surface area contributed by atoms with E-state index in [0.29, 0.717) is 11.8 Å². The van der Waals surface area contributed by atoms with Gasteiger partial charge in [-0.3, -0.25) is 4.90 Å². The molecule has 0 unspecified atom stereocenters. The Morgan fingerprint density at radius 1 is 0.964 bits per heavy atom. The van der Waals surface area contributed by atoms with E-state index in [-0.39, 0.29) is 6.04 Å². The number of ether oxygens (including phenoxy) is 1. The fourth-order valence-corrected chi connectivity index (χ4v) is 3.68. The summed E-state index contributed by atoms with van der Waals surface area (Å²) in [6, 6.07) is 16.3. The molecule has 6 nitrogen and oxygen atoms in total. The van der Waals surface area contributed by atoms with Crippen molar-refractivity contribution in [1.82, 2.24) is 15.1 Å². The van der Waals surface area contributed by atoms with Gasteiger partial charge in [-0.2, -0.15) is 0 Å². The van der Waals surface area contributed by atoms with Crippen LogP contribution < -0.4 is 9.64 Å². The number of aromatic nitrogens is 2. The number of rotatable bonds is 5. The number of aryl methyl sites for hydroxylation is 1. The highest BCUT2D eigenvalue weighted by molar-refractivity contribution is 5.54. The molecule has 1 aromatic heterocycles. The monoisotopic (exact) mass is 378 g/mol. The average Bonchev–Trinajstić information content (AvgIpc) is 3.24. The highest BCUT2D eigenvalue weighted by atomic mass is 16.5. The van der Waals surface area contributed by atoms with Crippen molar-refractivity contribution in [3.05, 3.63) is 60.0 Å². The van der Waals surface area contributed by atoms with Crippen LogP contribution in [0, 0.1) is 6.92 Å². The summed E-state index contributed by atoms with van der Waals surface area (Å²) < 4.78 is 11.2. The number of methoxy groups -OCH3 is 1. The first-order chi connectivity index (χ1) is 13.7. The molecule has 1 aliphatic heterocycles. The highest BCUT2D eigenvalue weighted by Gasteiger charge is 2.26. The molecule has 0 bridgehead atoms. The van der Waals surface area contributed by atoms with Crippen LogP contribution in [-0.4, -0.2) is 48.4 Å². The molecule has 4 rings (SSSR count). The lowest BCUT2D eigenvalue weighted by Gasteiger charge is -2.38. The standard InChI is InChI=1S/C22H26N4O2/c1-16-6-4-5-7-20(16)26-14-12-25(13-15-26)17(2)21-23-24-22(28-21)18-8-10-19(27-3)11-9-18/h4-11,17H,12-15H2,1-3H3/t17-/m0/s1. The zero-order valence-corrected chi connectivity index (χ0v) is 16.6. The van der Waals surface area contributed by atoms with Crippen LogP contribution in [0.2, 0.25) is 0 Å². The van der Waals surface area contributed by atoms with E-state index in [1.165, 1.54) is 11.3 Å². The number of piperazine rings is 1. The first-order valence-corrected chi connectivity index (χ1v) is 9.68. The molecule has 0 spiro atoms. The third-order valence-corrected chi connectivity index (χ3v) is 5.45. The van der Waals surface area contributed by atoms with Gasteiger partial charge in [0.25, 0.3) is 0 Å². The molecule has 1 aliphatic rings.